The minimum absolute atomic E-state index is 0.0233. The Balaban J connectivity index is 1.76. The fourth-order valence-corrected chi connectivity index (χ4v) is 3.36. The molecule has 0 aliphatic carbocycles. The van der Waals surface area contributed by atoms with E-state index in [2.05, 4.69) is 42.7 Å². The molecule has 39 heavy (non-hydrogen) atoms. The second-order valence-electron chi connectivity index (χ2n) is 8.19. The van der Waals surface area contributed by atoms with Crippen LogP contribution < -0.4 is 16.1 Å². The monoisotopic (exact) mass is 559 g/mol. The van der Waals surface area contributed by atoms with Gasteiger partial charge in [-0.1, -0.05) is 43.3 Å². The number of anilines is 1. The van der Waals surface area contributed by atoms with Crippen molar-refractivity contribution in [1.82, 2.24) is 15.7 Å². The molecule has 0 saturated heterocycles. The van der Waals surface area contributed by atoms with Crippen molar-refractivity contribution in [3.8, 4) is 0 Å². The number of amidine groups is 1. The molecular formula is C27H26ClF4N7. The normalized spacial score (nSPS) is 12.5. The number of aliphatic imine (C=N–C) groups is 2. The second kappa shape index (κ2) is 13.5. The summed E-state index contributed by atoms with van der Waals surface area (Å²) >= 11 is 5.98. The molecule has 0 aliphatic rings. The Hall–Kier alpha value is -4.25. The number of hydrogen-bond donors (Lipinski definition) is 3. The van der Waals surface area contributed by atoms with E-state index in [-0.39, 0.29) is 24.0 Å². The first-order chi connectivity index (χ1) is 18.5. The first-order valence-corrected chi connectivity index (χ1v) is 12.1. The molecule has 7 nitrogen and oxygen atoms in total. The average molecular weight is 560 g/mol. The molecule has 0 atom stereocenters. The van der Waals surface area contributed by atoms with E-state index in [0.717, 1.165) is 35.4 Å². The molecule has 3 N–H and O–H groups in total. The molecule has 0 amide bonds. The maximum atomic E-state index is 13.6. The lowest BCUT2D eigenvalue weighted by molar-refractivity contribution is -0.139. The van der Waals surface area contributed by atoms with Crippen molar-refractivity contribution in [3.05, 3.63) is 106 Å². The Morgan fingerprint density at radius 1 is 1.13 bits per heavy atom. The van der Waals surface area contributed by atoms with Crippen molar-refractivity contribution in [2.75, 3.05) is 5.32 Å². The van der Waals surface area contributed by atoms with E-state index in [0.29, 0.717) is 16.9 Å². The van der Waals surface area contributed by atoms with E-state index in [1.807, 2.05) is 25.1 Å². The van der Waals surface area contributed by atoms with Crippen LogP contribution in [0.2, 0.25) is 5.02 Å². The molecule has 0 aliphatic heterocycles. The summed E-state index contributed by atoms with van der Waals surface area (Å²) in [6, 6.07) is 13.4. The van der Waals surface area contributed by atoms with Crippen LogP contribution in [-0.4, -0.2) is 23.0 Å². The standard InChI is InChI=1S/C27H26ClF4N7/c1-4-22-9-8-20(14-33-22)15-34-26(38-18(3)39-35-16-19-6-5-7-21(28)12-19)37-17(2)36-23-10-11-25(29)24(13-23)27(30,31)32/h5-14,16,36H,2,4,15H2,1,3H3,(H2,34,37,38,39)/b35-16+. The zero-order valence-electron chi connectivity index (χ0n) is 21.2. The van der Waals surface area contributed by atoms with E-state index in [4.69, 9.17) is 11.6 Å². The van der Waals surface area contributed by atoms with Crippen molar-refractivity contribution in [3.63, 3.8) is 0 Å². The summed E-state index contributed by atoms with van der Waals surface area (Å²) in [5.41, 5.74) is 3.88. The van der Waals surface area contributed by atoms with Crippen molar-refractivity contribution in [2.24, 2.45) is 15.1 Å². The highest BCUT2D eigenvalue weighted by Crippen LogP contribution is 2.33. The van der Waals surface area contributed by atoms with Crippen molar-refractivity contribution in [1.29, 1.82) is 0 Å². The summed E-state index contributed by atoms with van der Waals surface area (Å²) in [4.78, 5) is 13.2. The van der Waals surface area contributed by atoms with Crippen LogP contribution in [0.15, 0.2) is 88.3 Å². The molecular weight excluding hydrogens is 534 g/mol. The number of halogens is 5. The van der Waals surface area contributed by atoms with E-state index in [9.17, 15) is 17.6 Å². The van der Waals surface area contributed by atoms with Crippen LogP contribution in [-0.2, 0) is 19.1 Å². The van der Waals surface area contributed by atoms with Crippen molar-refractivity contribution >= 4 is 35.3 Å². The second-order valence-corrected chi connectivity index (χ2v) is 8.63. The number of nitrogens with one attached hydrogen (secondary N) is 3. The lowest BCUT2D eigenvalue weighted by atomic mass is 10.2. The number of hydrazone groups is 1. The fraction of sp³-hybridized carbons (Fsp3) is 0.185. The zero-order chi connectivity index (χ0) is 28.4. The van der Waals surface area contributed by atoms with Gasteiger partial charge in [-0.3, -0.25) is 10.4 Å². The van der Waals surface area contributed by atoms with Gasteiger partial charge in [0.1, 0.15) is 17.5 Å². The molecule has 0 bridgehead atoms. The lowest BCUT2D eigenvalue weighted by Gasteiger charge is -2.15. The van der Waals surface area contributed by atoms with Gasteiger partial charge >= 0.3 is 6.18 Å². The van der Waals surface area contributed by atoms with Crippen LogP contribution >= 0.6 is 11.6 Å². The third kappa shape index (κ3) is 9.53. The van der Waals surface area contributed by atoms with E-state index < -0.39 is 17.6 Å². The van der Waals surface area contributed by atoms with Gasteiger partial charge in [-0.05, 0) is 60.9 Å². The Morgan fingerprint density at radius 2 is 1.92 bits per heavy atom. The Labute approximate surface area is 228 Å². The number of hydrogen-bond acceptors (Lipinski definition) is 4. The summed E-state index contributed by atoms with van der Waals surface area (Å²) in [6.07, 6.45) is -0.785. The van der Waals surface area contributed by atoms with Crippen molar-refractivity contribution < 1.29 is 17.6 Å². The van der Waals surface area contributed by atoms with E-state index in [1.165, 1.54) is 0 Å². The SMILES string of the molecule is C=C(NC(=NCc1ccc(CC)nc1)/N=C(\C)N/N=C/c1cccc(Cl)c1)Nc1ccc(F)c(C(F)(F)F)c1. The van der Waals surface area contributed by atoms with Crippen LogP contribution in [0, 0.1) is 5.82 Å². The Morgan fingerprint density at radius 3 is 2.59 bits per heavy atom. The molecule has 12 heteroatoms. The van der Waals surface area contributed by atoms with Gasteiger partial charge in [0.25, 0.3) is 0 Å². The highest BCUT2D eigenvalue weighted by atomic mass is 35.5. The van der Waals surface area contributed by atoms with Crippen molar-refractivity contribution in [2.45, 2.75) is 33.0 Å². The van der Waals surface area contributed by atoms with E-state index in [1.54, 1.807) is 37.5 Å². The predicted octanol–water partition coefficient (Wildman–Crippen LogP) is 6.53. The van der Waals surface area contributed by atoms with Crippen LogP contribution in [0.25, 0.3) is 0 Å². The topological polar surface area (TPSA) is 86.1 Å². The van der Waals surface area contributed by atoms with Gasteiger partial charge in [-0.25, -0.2) is 9.38 Å². The van der Waals surface area contributed by atoms with E-state index >= 15 is 0 Å². The molecule has 0 spiro atoms. The van der Waals surface area contributed by atoms with Gasteiger partial charge in [0.2, 0.25) is 5.96 Å². The van der Waals surface area contributed by atoms with Crippen LogP contribution in [0.4, 0.5) is 23.2 Å². The largest absolute Gasteiger partial charge is 0.419 e. The summed E-state index contributed by atoms with van der Waals surface area (Å²) in [5, 5.41) is 10.2. The molecule has 3 aromatic rings. The number of rotatable bonds is 8. The van der Waals surface area contributed by atoms with Gasteiger partial charge < -0.3 is 10.6 Å². The third-order valence-corrected chi connectivity index (χ3v) is 5.29. The first-order valence-electron chi connectivity index (χ1n) is 11.7. The lowest BCUT2D eigenvalue weighted by Crippen LogP contribution is -2.28. The highest BCUT2D eigenvalue weighted by Gasteiger charge is 2.34. The maximum absolute atomic E-state index is 13.6. The number of aromatic nitrogens is 1. The minimum atomic E-state index is -4.84. The zero-order valence-corrected chi connectivity index (χ0v) is 21.9. The average Bonchev–Trinajstić information content (AvgIpc) is 2.88. The van der Waals surface area contributed by atoms with Crippen LogP contribution in [0.1, 0.15) is 36.2 Å². The molecule has 1 heterocycles. The summed E-state index contributed by atoms with van der Waals surface area (Å²) < 4.78 is 52.9. The van der Waals surface area contributed by atoms with Gasteiger partial charge in [0.15, 0.2) is 0 Å². The molecule has 0 radical (unpaired) electrons. The highest BCUT2D eigenvalue weighted by molar-refractivity contribution is 6.30. The smallest absolute Gasteiger partial charge is 0.342 e. The molecule has 204 valence electrons. The molecule has 2 aromatic carbocycles. The Kier molecular flexibility index (Phi) is 10.2. The van der Waals surface area contributed by atoms with Gasteiger partial charge in [0, 0.05) is 22.6 Å². The summed E-state index contributed by atoms with van der Waals surface area (Å²) in [5.74, 6) is -0.866. The predicted molar refractivity (Wildman–Crippen MR) is 147 cm³/mol. The molecule has 0 unspecified atom stereocenters. The van der Waals surface area contributed by atoms with Crippen LogP contribution in [0.3, 0.4) is 0 Å². The summed E-state index contributed by atoms with van der Waals surface area (Å²) in [7, 11) is 0. The van der Waals surface area contributed by atoms with Gasteiger partial charge in [-0.15, -0.1) is 0 Å². The number of nitrogens with zero attached hydrogens (tertiary/aromatic N) is 4. The number of pyridine rings is 1. The van der Waals surface area contributed by atoms with Gasteiger partial charge in [0.05, 0.1) is 18.3 Å². The van der Waals surface area contributed by atoms with Crippen LogP contribution in [0.5, 0.6) is 0 Å². The number of guanidine groups is 1. The molecule has 0 fully saturated rings. The summed E-state index contributed by atoms with van der Waals surface area (Å²) in [6.45, 7) is 7.64. The number of alkyl halides is 3. The maximum Gasteiger partial charge on any atom is 0.419 e. The molecule has 1 aromatic heterocycles. The Bertz CT molecular complexity index is 1380. The number of benzene rings is 2. The molecule has 0 saturated carbocycles. The number of aryl methyl sites for hydroxylation is 1. The quantitative estimate of drug-likeness (QED) is 0.127. The molecule has 3 rings (SSSR count). The fourth-order valence-electron chi connectivity index (χ4n) is 3.16. The first kappa shape index (κ1) is 29.3. The third-order valence-electron chi connectivity index (χ3n) is 5.05. The van der Waals surface area contributed by atoms with Gasteiger partial charge in [-0.2, -0.15) is 23.3 Å². The minimum Gasteiger partial charge on any atom is -0.342 e.